The van der Waals surface area contributed by atoms with Crippen LogP contribution in [0.1, 0.15) is 54.7 Å². The van der Waals surface area contributed by atoms with Crippen LogP contribution in [0.2, 0.25) is 0 Å². The van der Waals surface area contributed by atoms with Gasteiger partial charge in [-0.25, -0.2) is 8.78 Å². The third-order valence-electron chi connectivity index (χ3n) is 5.92. The molecule has 30 heavy (non-hydrogen) atoms. The van der Waals surface area contributed by atoms with E-state index in [9.17, 15) is 13.9 Å². The van der Waals surface area contributed by atoms with Crippen LogP contribution in [0.4, 0.5) is 8.78 Å². The second-order valence-electron chi connectivity index (χ2n) is 7.97. The molecule has 0 aliphatic heterocycles. The molecule has 4 heteroatoms. The first-order valence-corrected chi connectivity index (χ1v) is 10.5. The number of ether oxygens (including phenoxy) is 1. The zero-order valence-electron chi connectivity index (χ0n) is 16.9. The third-order valence-corrected chi connectivity index (χ3v) is 5.92. The van der Waals surface area contributed by atoms with Gasteiger partial charge in [0.1, 0.15) is 24.0 Å². The summed E-state index contributed by atoms with van der Waals surface area (Å²) in [6.45, 7) is 0.162. The third kappa shape index (κ3) is 4.71. The molecule has 0 amide bonds. The van der Waals surface area contributed by atoms with Crippen molar-refractivity contribution in [2.45, 2.75) is 51.2 Å². The number of aliphatic hydroxyl groups excluding tert-OH is 1. The maximum Gasteiger partial charge on any atom is 0.133 e. The molecule has 1 aliphatic rings. The summed E-state index contributed by atoms with van der Waals surface area (Å²) in [5.41, 5.74) is 3.89. The zero-order chi connectivity index (χ0) is 20.9. The average Bonchev–Trinajstić information content (AvgIpc) is 2.78. The molecule has 0 radical (unpaired) electrons. The Bertz CT molecular complexity index is 992. The smallest absolute Gasteiger partial charge is 0.133 e. The molecule has 1 saturated carbocycles. The molecule has 0 unspecified atom stereocenters. The van der Waals surface area contributed by atoms with E-state index in [0.29, 0.717) is 29.4 Å². The van der Waals surface area contributed by atoms with Gasteiger partial charge >= 0.3 is 0 Å². The van der Waals surface area contributed by atoms with Crippen LogP contribution in [-0.4, -0.2) is 5.11 Å². The molecular weight excluding hydrogens is 382 g/mol. The minimum Gasteiger partial charge on any atom is -0.489 e. The summed E-state index contributed by atoms with van der Waals surface area (Å²) in [5.74, 6) is -0.0204. The molecule has 1 N–H and O–H groups in total. The molecule has 0 heterocycles. The molecular formula is C26H26F2O2. The summed E-state index contributed by atoms with van der Waals surface area (Å²) in [6.07, 6.45) is 6.53. The molecule has 3 aromatic rings. The van der Waals surface area contributed by atoms with Crippen LogP contribution in [0.5, 0.6) is 5.75 Å². The maximum atomic E-state index is 14.1. The van der Waals surface area contributed by atoms with Crippen LogP contribution >= 0.6 is 0 Å². The molecule has 0 atom stereocenters. The number of benzene rings is 3. The largest absolute Gasteiger partial charge is 0.489 e. The first-order chi connectivity index (χ1) is 14.6. The summed E-state index contributed by atoms with van der Waals surface area (Å²) >= 11 is 0. The molecule has 156 valence electrons. The molecule has 3 aromatic carbocycles. The van der Waals surface area contributed by atoms with Gasteiger partial charge in [-0.3, -0.25) is 0 Å². The van der Waals surface area contributed by atoms with E-state index in [2.05, 4.69) is 24.3 Å². The number of aliphatic hydroxyl groups is 1. The standard InChI is InChI=1S/C26H26F2O2/c27-23-11-12-24(25(28)15-23)21-10-13-26(22(14-21)16-29)30-17-18-6-8-20(9-7-18)19-4-2-1-3-5-19/h6-15,19,29H,1-5,16-17H2. The zero-order valence-corrected chi connectivity index (χ0v) is 16.9. The van der Waals surface area contributed by atoms with E-state index in [-0.39, 0.29) is 12.2 Å². The monoisotopic (exact) mass is 408 g/mol. The van der Waals surface area contributed by atoms with Gasteiger partial charge in [0.05, 0.1) is 6.61 Å². The quantitative estimate of drug-likeness (QED) is 0.489. The predicted octanol–water partition coefficient (Wildman–Crippen LogP) is 6.75. The fourth-order valence-electron chi connectivity index (χ4n) is 4.22. The van der Waals surface area contributed by atoms with E-state index in [1.54, 1.807) is 18.2 Å². The summed E-state index contributed by atoms with van der Waals surface area (Å²) in [7, 11) is 0. The highest BCUT2D eigenvalue weighted by Crippen LogP contribution is 2.33. The lowest BCUT2D eigenvalue weighted by Crippen LogP contribution is -2.05. The van der Waals surface area contributed by atoms with E-state index in [1.807, 2.05) is 0 Å². The van der Waals surface area contributed by atoms with Gasteiger partial charge in [0, 0.05) is 17.2 Å². The van der Waals surface area contributed by atoms with Crippen molar-refractivity contribution in [3.8, 4) is 16.9 Å². The Morgan fingerprint density at radius 1 is 0.867 bits per heavy atom. The van der Waals surface area contributed by atoms with Crippen molar-refractivity contribution < 1.29 is 18.6 Å². The lowest BCUT2D eigenvalue weighted by Gasteiger charge is -2.22. The van der Waals surface area contributed by atoms with Crippen LogP contribution in [-0.2, 0) is 13.2 Å². The second-order valence-corrected chi connectivity index (χ2v) is 7.97. The summed E-state index contributed by atoms with van der Waals surface area (Å²) in [6, 6.07) is 17.2. The van der Waals surface area contributed by atoms with Crippen LogP contribution in [0.3, 0.4) is 0 Å². The van der Waals surface area contributed by atoms with Crippen LogP contribution in [0.15, 0.2) is 60.7 Å². The van der Waals surface area contributed by atoms with E-state index >= 15 is 0 Å². The Labute approximate surface area is 176 Å². The minimum atomic E-state index is -0.634. The molecule has 1 fully saturated rings. The van der Waals surface area contributed by atoms with Crippen molar-refractivity contribution in [1.29, 1.82) is 0 Å². The van der Waals surface area contributed by atoms with Gasteiger partial charge in [0.15, 0.2) is 0 Å². The van der Waals surface area contributed by atoms with E-state index in [4.69, 9.17) is 4.74 Å². The number of hydrogen-bond donors (Lipinski definition) is 1. The van der Waals surface area contributed by atoms with Gasteiger partial charge in [0.2, 0.25) is 0 Å². The van der Waals surface area contributed by atoms with Gasteiger partial charge in [-0.1, -0.05) is 49.6 Å². The Balaban J connectivity index is 1.45. The first-order valence-electron chi connectivity index (χ1n) is 10.5. The highest BCUT2D eigenvalue weighted by Gasteiger charge is 2.15. The fourth-order valence-corrected chi connectivity index (χ4v) is 4.22. The molecule has 2 nitrogen and oxygen atoms in total. The second kappa shape index (κ2) is 9.40. The minimum absolute atomic E-state index is 0.230. The lowest BCUT2D eigenvalue weighted by atomic mass is 9.84. The van der Waals surface area contributed by atoms with Gasteiger partial charge < -0.3 is 9.84 Å². The van der Waals surface area contributed by atoms with E-state index < -0.39 is 11.6 Å². The van der Waals surface area contributed by atoms with E-state index in [0.717, 1.165) is 11.6 Å². The Morgan fingerprint density at radius 2 is 1.63 bits per heavy atom. The predicted molar refractivity (Wildman–Crippen MR) is 114 cm³/mol. The topological polar surface area (TPSA) is 29.5 Å². The average molecular weight is 408 g/mol. The molecule has 4 rings (SSSR count). The highest BCUT2D eigenvalue weighted by molar-refractivity contribution is 5.66. The Morgan fingerprint density at radius 3 is 2.33 bits per heavy atom. The first kappa shape index (κ1) is 20.5. The molecule has 0 bridgehead atoms. The summed E-state index contributed by atoms with van der Waals surface area (Å²) in [4.78, 5) is 0. The van der Waals surface area contributed by atoms with Crippen molar-refractivity contribution >= 4 is 0 Å². The van der Waals surface area contributed by atoms with Crippen LogP contribution in [0.25, 0.3) is 11.1 Å². The van der Waals surface area contributed by atoms with Crippen molar-refractivity contribution in [3.05, 3.63) is 89.0 Å². The lowest BCUT2D eigenvalue weighted by molar-refractivity contribution is 0.259. The Kier molecular flexibility index (Phi) is 6.44. The number of rotatable bonds is 6. The summed E-state index contributed by atoms with van der Waals surface area (Å²) in [5, 5.41) is 9.75. The van der Waals surface area contributed by atoms with Gasteiger partial charge in [-0.05, 0) is 59.7 Å². The molecule has 0 saturated heterocycles. The maximum absolute atomic E-state index is 14.1. The Hall–Kier alpha value is -2.72. The number of halogens is 2. The fraction of sp³-hybridized carbons (Fsp3) is 0.308. The van der Waals surface area contributed by atoms with Crippen molar-refractivity contribution in [3.63, 3.8) is 0 Å². The highest BCUT2D eigenvalue weighted by atomic mass is 19.1. The van der Waals surface area contributed by atoms with Gasteiger partial charge in [0.25, 0.3) is 0 Å². The molecule has 0 aromatic heterocycles. The van der Waals surface area contributed by atoms with Gasteiger partial charge in [-0.2, -0.15) is 0 Å². The summed E-state index contributed by atoms with van der Waals surface area (Å²) < 4.78 is 33.2. The number of hydrogen-bond acceptors (Lipinski definition) is 2. The normalized spacial score (nSPS) is 14.6. The van der Waals surface area contributed by atoms with E-state index in [1.165, 1.54) is 49.8 Å². The van der Waals surface area contributed by atoms with Crippen LogP contribution < -0.4 is 4.74 Å². The molecule has 1 aliphatic carbocycles. The van der Waals surface area contributed by atoms with Crippen LogP contribution in [0, 0.1) is 11.6 Å². The molecule has 0 spiro atoms. The van der Waals surface area contributed by atoms with Gasteiger partial charge in [-0.15, -0.1) is 0 Å². The SMILES string of the molecule is OCc1cc(-c2ccc(F)cc2F)ccc1OCc1ccc(C2CCCCC2)cc1. The van der Waals surface area contributed by atoms with Crippen molar-refractivity contribution in [2.24, 2.45) is 0 Å². The van der Waals surface area contributed by atoms with Crippen molar-refractivity contribution in [2.75, 3.05) is 0 Å². The van der Waals surface area contributed by atoms with Crippen molar-refractivity contribution in [1.82, 2.24) is 0 Å².